The molecule has 0 aromatic carbocycles. The van der Waals surface area contributed by atoms with E-state index in [0.717, 1.165) is 11.3 Å². The molecule has 0 aliphatic carbocycles. The molecule has 0 amide bonds. The van der Waals surface area contributed by atoms with Crippen molar-refractivity contribution >= 4 is 34.0 Å². The number of aliphatic hydroxyl groups excluding tert-OH is 1. The molecule has 15 heavy (non-hydrogen) atoms. The van der Waals surface area contributed by atoms with E-state index in [2.05, 4.69) is 9.72 Å². The molecule has 0 fully saturated rings. The first-order valence-electron chi connectivity index (χ1n) is 4.16. The van der Waals surface area contributed by atoms with Gasteiger partial charge in [-0.1, -0.05) is 22.9 Å². The summed E-state index contributed by atoms with van der Waals surface area (Å²) in [6.45, 7) is 0.450. The van der Waals surface area contributed by atoms with Crippen LogP contribution in [-0.4, -0.2) is 43.4 Å². The molecule has 0 saturated heterocycles. The third kappa shape index (κ3) is 2.80. The van der Waals surface area contributed by atoms with Crippen molar-refractivity contribution in [3.63, 3.8) is 0 Å². The lowest BCUT2D eigenvalue weighted by atomic mass is 10.6. The lowest BCUT2D eigenvalue weighted by molar-refractivity contribution is 0.0606. The first kappa shape index (κ1) is 12.2. The number of esters is 1. The third-order valence-electron chi connectivity index (χ3n) is 1.71. The molecule has 1 heterocycles. The van der Waals surface area contributed by atoms with E-state index >= 15 is 0 Å². The normalized spacial score (nSPS) is 10.1. The Kier molecular flexibility index (Phi) is 4.31. The first-order chi connectivity index (χ1) is 7.10. The Labute approximate surface area is 96.2 Å². The van der Waals surface area contributed by atoms with Gasteiger partial charge in [0.1, 0.15) is 0 Å². The van der Waals surface area contributed by atoms with Crippen molar-refractivity contribution in [1.29, 1.82) is 0 Å². The summed E-state index contributed by atoms with van der Waals surface area (Å²) < 4.78 is 4.55. The van der Waals surface area contributed by atoms with Gasteiger partial charge in [0, 0.05) is 13.6 Å². The van der Waals surface area contributed by atoms with E-state index in [1.165, 1.54) is 7.11 Å². The molecule has 0 saturated carbocycles. The number of ether oxygens (including phenoxy) is 1. The lowest BCUT2D eigenvalue weighted by Crippen LogP contribution is -2.20. The van der Waals surface area contributed by atoms with Crippen molar-refractivity contribution in [2.45, 2.75) is 0 Å². The van der Waals surface area contributed by atoms with Crippen molar-refractivity contribution in [1.82, 2.24) is 4.98 Å². The molecular weight excluding hydrogens is 240 g/mol. The van der Waals surface area contributed by atoms with Crippen LogP contribution < -0.4 is 4.90 Å². The molecule has 1 aromatic heterocycles. The van der Waals surface area contributed by atoms with Crippen LogP contribution in [0.3, 0.4) is 0 Å². The Morgan fingerprint density at radius 3 is 2.93 bits per heavy atom. The number of rotatable bonds is 4. The number of hydrogen-bond donors (Lipinski definition) is 1. The van der Waals surface area contributed by atoms with Gasteiger partial charge in [-0.3, -0.25) is 0 Å². The maximum atomic E-state index is 11.2. The Hall–Kier alpha value is -0.850. The molecule has 0 atom stereocenters. The quantitative estimate of drug-likeness (QED) is 0.809. The van der Waals surface area contributed by atoms with Crippen molar-refractivity contribution in [2.75, 3.05) is 32.2 Å². The van der Waals surface area contributed by atoms with E-state index in [0.29, 0.717) is 11.7 Å². The number of carbonyl (C=O) groups is 1. The smallest absolute Gasteiger partial charge is 0.351 e. The van der Waals surface area contributed by atoms with Crippen LogP contribution in [0.4, 0.5) is 5.13 Å². The van der Waals surface area contributed by atoms with Gasteiger partial charge in [-0.25, -0.2) is 9.78 Å². The Morgan fingerprint density at radius 1 is 1.73 bits per heavy atom. The summed E-state index contributed by atoms with van der Waals surface area (Å²) in [6.07, 6.45) is 0. The minimum Gasteiger partial charge on any atom is -0.465 e. The van der Waals surface area contributed by atoms with Gasteiger partial charge in [0.15, 0.2) is 15.2 Å². The van der Waals surface area contributed by atoms with Gasteiger partial charge < -0.3 is 14.7 Å². The molecule has 1 rings (SSSR count). The topological polar surface area (TPSA) is 62.7 Å². The fraction of sp³-hybridized carbons (Fsp3) is 0.500. The molecule has 5 nitrogen and oxygen atoms in total. The average molecular weight is 251 g/mol. The highest BCUT2D eigenvalue weighted by Gasteiger charge is 2.18. The summed E-state index contributed by atoms with van der Waals surface area (Å²) in [7, 11) is 3.04. The number of hydrogen-bond acceptors (Lipinski definition) is 6. The molecule has 0 aliphatic heterocycles. The maximum absolute atomic E-state index is 11.2. The van der Waals surface area contributed by atoms with E-state index < -0.39 is 5.97 Å². The van der Waals surface area contributed by atoms with E-state index in [-0.39, 0.29) is 16.6 Å². The third-order valence-corrected chi connectivity index (χ3v) is 3.24. The number of nitrogens with zero attached hydrogens (tertiary/aromatic N) is 2. The molecule has 7 heteroatoms. The fourth-order valence-corrected chi connectivity index (χ4v) is 2.10. The van der Waals surface area contributed by atoms with Crippen LogP contribution >= 0.6 is 22.9 Å². The van der Waals surface area contributed by atoms with Crippen molar-refractivity contribution in [2.24, 2.45) is 0 Å². The van der Waals surface area contributed by atoms with Crippen molar-refractivity contribution in [3.8, 4) is 0 Å². The predicted molar refractivity (Wildman–Crippen MR) is 58.8 cm³/mol. The van der Waals surface area contributed by atoms with Crippen LogP contribution in [-0.2, 0) is 4.74 Å². The fourth-order valence-electron chi connectivity index (χ4n) is 0.918. The summed E-state index contributed by atoms with van der Waals surface area (Å²) in [6, 6.07) is 0. The van der Waals surface area contributed by atoms with E-state index in [1.54, 1.807) is 11.9 Å². The standard InChI is InChI=1S/C8H11ClN2O3S/c1-11(3-4-12)8-10-6(9)5(15-8)7(13)14-2/h12H,3-4H2,1-2H3. The molecule has 0 spiro atoms. The first-order valence-corrected chi connectivity index (χ1v) is 5.36. The molecule has 1 aromatic rings. The predicted octanol–water partition coefficient (Wildman–Crippen LogP) is 1.01. The number of halogens is 1. The summed E-state index contributed by atoms with van der Waals surface area (Å²) >= 11 is 6.91. The monoisotopic (exact) mass is 250 g/mol. The van der Waals surface area contributed by atoms with Crippen LogP contribution in [0.25, 0.3) is 0 Å². The molecule has 0 radical (unpaired) electrons. The zero-order valence-electron chi connectivity index (χ0n) is 8.36. The van der Waals surface area contributed by atoms with E-state index in [1.807, 2.05) is 0 Å². The summed E-state index contributed by atoms with van der Waals surface area (Å²) in [4.78, 5) is 17.2. The largest absolute Gasteiger partial charge is 0.465 e. The van der Waals surface area contributed by atoms with Crippen LogP contribution in [0.2, 0.25) is 5.15 Å². The second-order valence-electron chi connectivity index (χ2n) is 2.75. The van der Waals surface area contributed by atoms with Crippen LogP contribution in [0, 0.1) is 0 Å². The SMILES string of the molecule is COC(=O)c1sc(N(C)CCO)nc1Cl. The number of methoxy groups -OCH3 is 1. The van der Waals surface area contributed by atoms with Crippen molar-refractivity contribution < 1.29 is 14.6 Å². The van der Waals surface area contributed by atoms with Crippen LogP contribution in [0.1, 0.15) is 9.67 Å². The number of likely N-dealkylation sites (N-methyl/N-ethyl adjacent to an activating group) is 1. The highest BCUT2D eigenvalue weighted by molar-refractivity contribution is 7.18. The maximum Gasteiger partial charge on any atom is 0.351 e. The molecule has 0 unspecified atom stereocenters. The Bertz CT molecular complexity index is 356. The number of carbonyl (C=O) groups excluding carboxylic acids is 1. The van der Waals surface area contributed by atoms with E-state index in [9.17, 15) is 4.79 Å². The van der Waals surface area contributed by atoms with Gasteiger partial charge in [0.2, 0.25) is 0 Å². The van der Waals surface area contributed by atoms with E-state index in [4.69, 9.17) is 16.7 Å². The van der Waals surface area contributed by atoms with Gasteiger partial charge in [-0.05, 0) is 0 Å². The summed E-state index contributed by atoms with van der Waals surface area (Å²) in [5.74, 6) is -0.499. The van der Waals surface area contributed by atoms with Gasteiger partial charge >= 0.3 is 5.97 Å². The number of aromatic nitrogens is 1. The number of thiazole rings is 1. The van der Waals surface area contributed by atoms with Gasteiger partial charge in [-0.15, -0.1) is 0 Å². The average Bonchev–Trinajstić information content (AvgIpc) is 2.60. The van der Waals surface area contributed by atoms with Crippen LogP contribution in [0.5, 0.6) is 0 Å². The minimum absolute atomic E-state index is 0.0151. The van der Waals surface area contributed by atoms with Gasteiger partial charge in [0.05, 0.1) is 13.7 Å². The molecule has 0 bridgehead atoms. The van der Waals surface area contributed by atoms with Gasteiger partial charge in [-0.2, -0.15) is 0 Å². The number of anilines is 1. The van der Waals surface area contributed by atoms with Crippen LogP contribution in [0.15, 0.2) is 0 Å². The molecular formula is C8H11ClN2O3S. The molecule has 1 N–H and O–H groups in total. The highest BCUT2D eigenvalue weighted by Crippen LogP contribution is 2.29. The lowest BCUT2D eigenvalue weighted by Gasteiger charge is -2.12. The summed E-state index contributed by atoms with van der Waals surface area (Å²) in [5, 5.41) is 9.45. The second kappa shape index (κ2) is 5.29. The zero-order valence-corrected chi connectivity index (χ0v) is 9.93. The van der Waals surface area contributed by atoms with Gasteiger partial charge in [0.25, 0.3) is 0 Å². The minimum atomic E-state index is -0.499. The zero-order chi connectivity index (χ0) is 11.4. The van der Waals surface area contributed by atoms with Crippen molar-refractivity contribution in [3.05, 3.63) is 10.0 Å². The Morgan fingerprint density at radius 2 is 2.40 bits per heavy atom. The molecule has 0 aliphatic rings. The summed E-state index contributed by atoms with van der Waals surface area (Å²) in [5.41, 5.74) is 0. The second-order valence-corrected chi connectivity index (χ2v) is 4.09. The molecule has 84 valence electrons. The number of aliphatic hydroxyl groups is 1. The Balaban J connectivity index is 2.90. The highest BCUT2D eigenvalue weighted by atomic mass is 35.5.